The van der Waals surface area contributed by atoms with Crippen LogP contribution in [0.3, 0.4) is 0 Å². The van der Waals surface area contributed by atoms with Gasteiger partial charge in [-0.1, -0.05) is 58.2 Å². The molecule has 112 valence electrons. The van der Waals surface area contributed by atoms with Crippen molar-refractivity contribution < 1.29 is 0 Å². The van der Waals surface area contributed by atoms with E-state index in [-0.39, 0.29) is 6.04 Å². The molecule has 1 atom stereocenters. The van der Waals surface area contributed by atoms with Crippen molar-refractivity contribution >= 4 is 39.1 Å². The van der Waals surface area contributed by atoms with Crippen molar-refractivity contribution in [3.63, 3.8) is 0 Å². The fourth-order valence-electron chi connectivity index (χ4n) is 2.22. The van der Waals surface area contributed by atoms with Crippen molar-refractivity contribution in [2.45, 2.75) is 26.3 Å². The van der Waals surface area contributed by atoms with Gasteiger partial charge in [0.1, 0.15) is 0 Å². The van der Waals surface area contributed by atoms with E-state index in [9.17, 15) is 0 Å². The first-order valence-electron chi connectivity index (χ1n) is 6.97. The maximum Gasteiger partial charge on any atom is 0.0588 e. The topological polar surface area (TPSA) is 12.0 Å². The zero-order chi connectivity index (χ0) is 15.4. The predicted octanol–water partition coefficient (Wildman–Crippen LogP) is 6.15. The van der Waals surface area contributed by atoms with Crippen LogP contribution in [-0.4, -0.2) is 6.54 Å². The van der Waals surface area contributed by atoms with Gasteiger partial charge in [0.05, 0.1) is 6.04 Å². The molecule has 0 fully saturated rings. The Labute approximate surface area is 144 Å². The molecule has 0 amide bonds. The monoisotopic (exact) mass is 385 g/mol. The van der Waals surface area contributed by atoms with Crippen LogP contribution in [0.15, 0.2) is 40.9 Å². The van der Waals surface area contributed by atoms with E-state index in [4.69, 9.17) is 23.2 Å². The van der Waals surface area contributed by atoms with Crippen molar-refractivity contribution in [3.05, 3.63) is 67.6 Å². The molecule has 0 saturated carbocycles. The third-order valence-corrected chi connectivity index (χ3v) is 4.76. The van der Waals surface area contributed by atoms with Crippen LogP contribution in [0.5, 0.6) is 0 Å². The highest BCUT2D eigenvalue weighted by atomic mass is 79.9. The summed E-state index contributed by atoms with van der Waals surface area (Å²) in [5.41, 5.74) is 3.35. The molecular formula is C17H18BrCl2N. The van der Waals surface area contributed by atoms with Gasteiger partial charge in [-0.2, -0.15) is 0 Å². The SMILES string of the molecule is CCCNC(c1ccc(C)c(Cl)c1)c1cc(Cl)ccc1Br. The summed E-state index contributed by atoms with van der Waals surface area (Å²) in [5.74, 6) is 0. The summed E-state index contributed by atoms with van der Waals surface area (Å²) < 4.78 is 1.04. The molecule has 0 bridgehead atoms. The second-order valence-electron chi connectivity index (χ2n) is 5.06. The van der Waals surface area contributed by atoms with Gasteiger partial charge in [0.2, 0.25) is 0 Å². The number of hydrogen-bond acceptors (Lipinski definition) is 1. The van der Waals surface area contributed by atoms with Gasteiger partial charge in [-0.25, -0.2) is 0 Å². The van der Waals surface area contributed by atoms with Crippen LogP contribution >= 0.6 is 39.1 Å². The predicted molar refractivity (Wildman–Crippen MR) is 95.5 cm³/mol. The van der Waals surface area contributed by atoms with Gasteiger partial charge in [-0.05, 0) is 60.8 Å². The minimum atomic E-state index is 0.0659. The Morgan fingerprint density at radius 1 is 1.14 bits per heavy atom. The molecule has 0 aliphatic heterocycles. The van der Waals surface area contributed by atoms with E-state index in [0.29, 0.717) is 0 Å². The van der Waals surface area contributed by atoms with E-state index in [0.717, 1.165) is 44.2 Å². The Bertz CT molecular complexity index is 628. The van der Waals surface area contributed by atoms with E-state index < -0.39 is 0 Å². The molecule has 2 aromatic rings. The molecule has 21 heavy (non-hydrogen) atoms. The summed E-state index contributed by atoms with van der Waals surface area (Å²) in [5, 5.41) is 5.09. The fourth-order valence-corrected chi connectivity index (χ4v) is 3.07. The molecule has 0 aliphatic carbocycles. The van der Waals surface area contributed by atoms with Gasteiger partial charge < -0.3 is 5.32 Å². The average molecular weight is 387 g/mol. The zero-order valence-electron chi connectivity index (χ0n) is 12.1. The van der Waals surface area contributed by atoms with E-state index >= 15 is 0 Å². The molecule has 1 unspecified atom stereocenters. The lowest BCUT2D eigenvalue weighted by Crippen LogP contribution is -2.23. The second kappa shape index (κ2) is 7.64. The lowest BCUT2D eigenvalue weighted by Gasteiger charge is -2.22. The largest absolute Gasteiger partial charge is 0.306 e. The Hall–Kier alpha value is -0.540. The number of rotatable bonds is 5. The lowest BCUT2D eigenvalue weighted by molar-refractivity contribution is 0.597. The third kappa shape index (κ3) is 4.23. The molecule has 4 heteroatoms. The number of hydrogen-bond donors (Lipinski definition) is 1. The standard InChI is InChI=1S/C17H18BrCl2N/c1-3-8-21-17(12-5-4-11(2)16(20)9-12)14-10-13(19)6-7-15(14)18/h4-7,9-10,17,21H,3,8H2,1-2H3. The van der Waals surface area contributed by atoms with Gasteiger partial charge in [0.15, 0.2) is 0 Å². The molecule has 0 aromatic heterocycles. The van der Waals surface area contributed by atoms with Crippen LogP contribution < -0.4 is 5.32 Å². The van der Waals surface area contributed by atoms with Crippen LogP contribution in [0, 0.1) is 6.92 Å². The van der Waals surface area contributed by atoms with Gasteiger partial charge in [-0.3, -0.25) is 0 Å². The normalized spacial score (nSPS) is 12.4. The van der Waals surface area contributed by atoms with Crippen LogP contribution in [0.4, 0.5) is 0 Å². The number of nitrogens with one attached hydrogen (secondary N) is 1. The molecule has 1 N–H and O–H groups in total. The molecule has 1 nitrogen and oxygen atoms in total. The minimum absolute atomic E-state index is 0.0659. The van der Waals surface area contributed by atoms with E-state index in [1.54, 1.807) is 0 Å². The highest BCUT2D eigenvalue weighted by Gasteiger charge is 2.17. The summed E-state index contributed by atoms with van der Waals surface area (Å²) in [6, 6.07) is 12.1. The molecule has 2 aromatic carbocycles. The average Bonchev–Trinajstić information content (AvgIpc) is 2.46. The summed E-state index contributed by atoms with van der Waals surface area (Å²) in [4.78, 5) is 0. The second-order valence-corrected chi connectivity index (χ2v) is 6.76. The first-order chi connectivity index (χ1) is 10.0. The molecule has 2 rings (SSSR count). The molecule has 0 radical (unpaired) electrons. The van der Waals surface area contributed by atoms with Gasteiger partial charge >= 0.3 is 0 Å². The van der Waals surface area contributed by atoms with E-state index in [1.165, 1.54) is 0 Å². The molecule has 0 heterocycles. The third-order valence-electron chi connectivity index (χ3n) is 3.40. The summed E-state index contributed by atoms with van der Waals surface area (Å²) in [7, 11) is 0. The van der Waals surface area contributed by atoms with Crippen LogP contribution in [0.25, 0.3) is 0 Å². The van der Waals surface area contributed by atoms with E-state index in [2.05, 4.69) is 40.3 Å². The Kier molecular flexibility index (Phi) is 6.12. The van der Waals surface area contributed by atoms with Crippen LogP contribution in [-0.2, 0) is 0 Å². The Balaban J connectivity index is 2.46. The van der Waals surface area contributed by atoms with Crippen molar-refractivity contribution in [3.8, 4) is 0 Å². The van der Waals surface area contributed by atoms with Crippen molar-refractivity contribution in [2.75, 3.05) is 6.54 Å². The van der Waals surface area contributed by atoms with Crippen molar-refractivity contribution in [1.82, 2.24) is 5.32 Å². The zero-order valence-corrected chi connectivity index (χ0v) is 15.2. The smallest absolute Gasteiger partial charge is 0.0588 e. The van der Waals surface area contributed by atoms with Gasteiger partial charge in [0, 0.05) is 14.5 Å². The number of benzene rings is 2. The molecule has 0 saturated heterocycles. The van der Waals surface area contributed by atoms with Crippen molar-refractivity contribution in [1.29, 1.82) is 0 Å². The summed E-state index contributed by atoms with van der Waals surface area (Å²) in [6.45, 7) is 5.09. The Morgan fingerprint density at radius 3 is 2.57 bits per heavy atom. The molecular weight excluding hydrogens is 369 g/mol. The maximum atomic E-state index is 6.28. The number of aryl methyl sites for hydroxylation is 1. The van der Waals surface area contributed by atoms with Crippen LogP contribution in [0.2, 0.25) is 10.0 Å². The number of halogens is 3. The highest BCUT2D eigenvalue weighted by Crippen LogP contribution is 2.32. The quantitative estimate of drug-likeness (QED) is 0.649. The summed E-state index contributed by atoms with van der Waals surface area (Å²) in [6.07, 6.45) is 1.06. The van der Waals surface area contributed by atoms with Crippen LogP contribution in [0.1, 0.15) is 36.1 Å². The Morgan fingerprint density at radius 2 is 1.90 bits per heavy atom. The lowest BCUT2D eigenvalue weighted by atomic mass is 9.97. The van der Waals surface area contributed by atoms with Crippen molar-refractivity contribution in [2.24, 2.45) is 0 Å². The van der Waals surface area contributed by atoms with E-state index in [1.807, 2.05) is 31.2 Å². The molecule has 0 aliphatic rings. The fraction of sp³-hybridized carbons (Fsp3) is 0.294. The minimum Gasteiger partial charge on any atom is -0.306 e. The van der Waals surface area contributed by atoms with Gasteiger partial charge in [0.25, 0.3) is 0 Å². The highest BCUT2D eigenvalue weighted by molar-refractivity contribution is 9.10. The maximum absolute atomic E-state index is 6.28. The summed E-state index contributed by atoms with van der Waals surface area (Å²) >= 11 is 16.1. The van der Waals surface area contributed by atoms with Gasteiger partial charge in [-0.15, -0.1) is 0 Å². The first-order valence-corrected chi connectivity index (χ1v) is 8.52. The molecule has 0 spiro atoms. The first kappa shape index (κ1) is 16.8.